The third-order valence-corrected chi connectivity index (χ3v) is 7.73. The molecule has 0 bridgehead atoms. The van der Waals surface area contributed by atoms with Gasteiger partial charge in [0.05, 0.1) is 18.2 Å². The molecule has 5 heteroatoms. The molecule has 4 aliphatic rings. The number of Topliss-reactive ketones (excluding diaryl/α,β-unsaturated/α-hetero) is 1. The lowest BCUT2D eigenvalue weighted by Gasteiger charge is -2.50. The minimum Gasteiger partial charge on any atom is -0.372 e. The van der Waals surface area contributed by atoms with E-state index in [4.69, 9.17) is 9.47 Å². The van der Waals surface area contributed by atoms with Crippen molar-refractivity contribution in [3.05, 3.63) is 0 Å². The number of ether oxygens (including phenoxy) is 2. The monoisotopic (exact) mass is 420 g/mol. The van der Waals surface area contributed by atoms with Gasteiger partial charge in [-0.25, -0.2) is 0 Å². The average molecular weight is 421 g/mol. The smallest absolute Gasteiger partial charge is 0.185 e. The Kier molecular flexibility index (Phi) is 6.40. The Balaban J connectivity index is 1.62. The second-order valence-electron chi connectivity index (χ2n) is 11.7. The molecule has 0 aromatic carbocycles. The van der Waals surface area contributed by atoms with Crippen molar-refractivity contribution < 1.29 is 14.3 Å². The van der Waals surface area contributed by atoms with Gasteiger partial charge in [0.1, 0.15) is 11.3 Å². The summed E-state index contributed by atoms with van der Waals surface area (Å²) in [4.78, 5) is 16.3. The Labute approximate surface area is 183 Å². The number of piperidine rings is 1. The Morgan fingerprint density at radius 3 is 2.00 bits per heavy atom. The van der Waals surface area contributed by atoms with E-state index in [-0.39, 0.29) is 17.0 Å². The lowest BCUT2D eigenvalue weighted by molar-refractivity contribution is -0.184. The molecule has 4 rings (SSSR count). The molecule has 1 N–H and O–H groups in total. The van der Waals surface area contributed by atoms with Gasteiger partial charge in [-0.15, -0.1) is 0 Å². The Hall–Kier alpha value is -0.490. The van der Waals surface area contributed by atoms with Crippen LogP contribution in [0.2, 0.25) is 0 Å². The highest BCUT2D eigenvalue weighted by molar-refractivity contribution is 5.97. The third-order valence-electron chi connectivity index (χ3n) is 7.73. The molecule has 5 nitrogen and oxygen atoms in total. The molecule has 0 aromatic rings. The number of nitrogens with zero attached hydrogens (tertiary/aromatic N) is 1. The second kappa shape index (κ2) is 8.46. The van der Waals surface area contributed by atoms with Crippen molar-refractivity contribution in [2.75, 3.05) is 19.7 Å². The molecule has 3 heterocycles. The normalized spacial score (nSPS) is 37.1. The van der Waals surface area contributed by atoms with Crippen LogP contribution in [0.15, 0.2) is 0 Å². The number of hydrogen-bond acceptors (Lipinski definition) is 5. The topological polar surface area (TPSA) is 54.1 Å². The first-order chi connectivity index (χ1) is 14.2. The molecule has 3 saturated heterocycles. The van der Waals surface area contributed by atoms with Crippen LogP contribution in [0.25, 0.3) is 0 Å². The standard InChI is InChI=1S/C25H44N2O3/c1-22(2)18-24(21(28)23(3,4)26-22)19-27(16-20-17-29-20)25(30-24)14-12-10-8-6-5-7-9-11-13-15-25/h20,26H,5-19H2,1-4H3. The van der Waals surface area contributed by atoms with E-state index in [2.05, 4.69) is 24.1 Å². The molecule has 3 aliphatic heterocycles. The summed E-state index contributed by atoms with van der Waals surface area (Å²) in [7, 11) is 0. The Bertz CT molecular complexity index is 616. The van der Waals surface area contributed by atoms with Gasteiger partial charge >= 0.3 is 0 Å². The predicted molar refractivity (Wildman–Crippen MR) is 120 cm³/mol. The first-order valence-corrected chi connectivity index (χ1v) is 12.6. The maximum atomic E-state index is 13.8. The number of carbonyl (C=O) groups is 1. The van der Waals surface area contributed by atoms with Crippen LogP contribution in [0.3, 0.4) is 0 Å². The highest BCUT2D eigenvalue weighted by Crippen LogP contribution is 2.49. The zero-order chi connectivity index (χ0) is 21.5. The maximum Gasteiger partial charge on any atom is 0.185 e. The van der Waals surface area contributed by atoms with Crippen molar-refractivity contribution in [1.82, 2.24) is 10.2 Å². The van der Waals surface area contributed by atoms with Crippen molar-refractivity contribution >= 4 is 5.78 Å². The lowest BCUT2D eigenvalue weighted by Crippen LogP contribution is -2.71. The number of epoxide rings is 1. The van der Waals surface area contributed by atoms with Crippen molar-refractivity contribution in [1.29, 1.82) is 0 Å². The fourth-order valence-electron chi connectivity index (χ4n) is 6.67. The van der Waals surface area contributed by atoms with Crippen LogP contribution in [-0.4, -0.2) is 58.9 Å². The van der Waals surface area contributed by atoms with Gasteiger partial charge < -0.3 is 14.8 Å². The van der Waals surface area contributed by atoms with Crippen LogP contribution < -0.4 is 5.32 Å². The maximum absolute atomic E-state index is 13.8. The average Bonchev–Trinajstić information content (AvgIpc) is 3.39. The zero-order valence-corrected chi connectivity index (χ0v) is 19.9. The summed E-state index contributed by atoms with van der Waals surface area (Å²) >= 11 is 0. The second-order valence-corrected chi connectivity index (χ2v) is 11.7. The number of ketones is 1. The van der Waals surface area contributed by atoms with E-state index >= 15 is 0 Å². The van der Waals surface area contributed by atoms with Crippen molar-refractivity contribution in [3.63, 3.8) is 0 Å². The summed E-state index contributed by atoms with van der Waals surface area (Å²) in [5.41, 5.74) is -1.70. The van der Waals surface area contributed by atoms with Crippen molar-refractivity contribution in [2.24, 2.45) is 0 Å². The zero-order valence-electron chi connectivity index (χ0n) is 19.9. The Morgan fingerprint density at radius 1 is 0.933 bits per heavy atom. The first kappa shape index (κ1) is 22.7. The molecule has 1 aliphatic carbocycles. The molecule has 0 amide bonds. The Morgan fingerprint density at radius 2 is 1.47 bits per heavy atom. The van der Waals surface area contributed by atoms with Gasteiger partial charge in [-0.1, -0.05) is 44.9 Å². The number of carbonyl (C=O) groups excluding carboxylic acids is 1. The van der Waals surface area contributed by atoms with Crippen LogP contribution >= 0.6 is 0 Å². The van der Waals surface area contributed by atoms with Crippen LogP contribution in [0, 0.1) is 0 Å². The molecular formula is C25H44N2O3. The van der Waals surface area contributed by atoms with Gasteiger partial charge in [0.15, 0.2) is 5.78 Å². The minimum atomic E-state index is -0.704. The molecule has 30 heavy (non-hydrogen) atoms. The van der Waals surface area contributed by atoms with E-state index in [1.54, 1.807) is 0 Å². The van der Waals surface area contributed by atoms with Crippen LogP contribution in [0.4, 0.5) is 0 Å². The summed E-state index contributed by atoms with van der Waals surface area (Å²) in [6, 6.07) is 0. The van der Waals surface area contributed by atoms with Gasteiger partial charge in [-0.2, -0.15) is 0 Å². The van der Waals surface area contributed by atoms with Gasteiger partial charge in [-0.05, 0) is 53.4 Å². The quantitative estimate of drug-likeness (QED) is 0.663. The molecule has 0 radical (unpaired) electrons. The highest BCUT2D eigenvalue weighted by Gasteiger charge is 2.64. The summed E-state index contributed by atoms with van der Waals surface area (Å²) in [5.74, 6) is 0.235. The molecule has 172 valence electrons. The minimum absolute atomic E-state index is 0.129. The molecule has 2 unspecified atom stereocenters. The van der Waals surface area contributed by atoms with E-state index in [0.29, 0.717) is 6.10 Å². The van der Waals surface area contributed by atoms with Gasteiger partial charge in [-0.3, -0.25) is 9.69 Å². The SMILES string of the molecule is CC1(C)CC2(CN(CC3CO3)C3(CCCCCCCCCCC3)O2)C(=O)C(C)(C)N1. The van der Waals surface area contributed by atoms with Crippen molar-refractivity contribution in [2.45, 2.75) is 133 Å². The van der Waals surface area contributed by atoms with Crippen molar-refractivity contribution in [3.8, 4) is 0 Å². The number of rotatable bonds is 2. The summed E-state index contributed by atoms with van der Waals surface area (Å²) in [6.07, 6.45) is 14.9. The molecule has 1 saturated carbocycles. The fraction of sp³-hybridized carbons (Fsp3) is 0.960. The van der Waals surface area contributed by atoms with Crippen LogP contribution in [-0.2, 0) is 14.3 Å². The highest BCUT2D eigenvalue weighted by atomic mass is 16.6. The molecule has 0 aromatic heterocycles. The summed E-state index contributed by atoms with van der Waals surface area (Å²) in [6.45, 7) is 11.0. The molecule has 4 fully saturated rings. The predicted octanol–water partition coefficient (Wildman–Crippen LogP) is 4.58. The number of hydrogen-bond donors (Lipinski definition) is 1. The third kappa shape index (κ3) is 4.79. The van der Waals surface area contributed by atoms with E-state index in [0.717, 1.165) is 39.0 Å². The van der Waals surface area contributed by atoms with E-state index in [1.807, 2.05) is 13.8 Å². The van der Waals surface area contributed by atoms with E-state index < -0.39 is 11.1 Å². The van der Waals surface area contributed by atoms with E-state index in [9.17, 15) is 4.79 Å². The fourth-order valence-corrected chi connectivity index (χ4v) is 6.67. The largest absolute Gasteiger partial charge is 0.372 e. The van der Waals surface area contributed by atoms with Gasteiger partial charge in [0, 0.05) is 25.0 Å². The van der Waals surface area contributed by atoms with E-state index in [1.165, 1.54) is 57.8 Å². The van der Waals surface area contributed by atoms with Crippen LogP contribution in [0.5, 0.6) is 0 Å². The molecule has 2 atom stereocenters. The summed E-state index contributed by atoms with van der Waals surface area (Å²) < 4.78 is 12.8. The van der Waals surface area contributed by atoms with Crippen LogP contribution in [0.1, 0.15) is 105 Å². The number of nitrogens with one attached hydrogen (secondary N) is 1. The first-order valence-electron chi connectivity index (χ1n) is 12.6. The molecular weight excluding hydrogens is 376 g/mol. The lowest BCUT2D eigenvalue weighted by atomic mass is 9.72. The van der Waals surface area contributed by atoms with Gasteiger partial charge in [0.2, 0.25) is 0 Å². The molecule has 2 spiro atoms. The van der Waals surface area contributed by atoms with Gasteiger partial charge in [0.25, 0.3) is 0 Å². The summed E-state index contributed by atoms with van der Waals surface area (Å²) in [5, 5.41) is 3.58.